The third kappa shape index (κ3) is 6.79. The molecule has 0 aliphatic heterocycles. The van der Waals surface area contributed by atoms with Crippen molar-refractivity contribution in [3.8, 4) is 0 Å². The summed E-state index contributed by atoms with van der Waals surface area (Å²) in [5.41, 5.74) is -0.697. The van der Waals surface area contributed by atoms with Crippen LogP contribution in [0.3, 0.4) is 0 Å². The molecule has 0 aliphatic rings. The third-order valence-corrected chi connectivity index (χ3v) is 4.16. The van der Waals surface area contributed by atoms with Gasteiger partial charge in [0.15, 0.2) is 0 Å². The van der Waals surface area contributed by atoms with E-state index < -0.39 is 0 Å². The zero-order valence-corrected chi connectivity index (χ0v) is 14.2. The Morgan fingerprint density at radius 2 is 1.55 bits per heavy atom. The van der Waals surface area contributed by atoms with Crippen LogP contribution in [0, 0.1) is 0 Å². The minimum atomic E-state index is -0.368. The largest absolute Gasteiger partial charge is 0.328 e. The second-order valence-corrected chi connectivity index (χ2v) is 6.28. The SMILES string of the molecule is O=c1[nH]c(=O)n(CCCCCCCCCCS)cc1Br. The molecule has 0 spiro atoms. The summed E-state index contributed by atoms with van der Waals surface area (Å²) in [7, 11) is 0. The van der Waals surface area contributed by atoms with Gasteiger partial charge in [0.05, 0.1) is 4.47 Å². The van der Waals surface area contributed by atoms with E-state index in [1.807, 2.05) is 0 Å². The number of halogens is 1. The van der Waals surface area contributed by atoms with E-state index in [1.165, 1.54) is 38.5 Å². The van der Waals surface area contributed by atoms with Crippen LogP contribution in [0.15, 0.2) is 20.3 Å². The highest BCUT2D eigenvalue weighted by Crippen LogP contribution is 2.09. The van der Waals surface area contributed by atoms with Crippen molar-refractivity contribution in [2.24, 2.45) is 0 Å². The molecule has 20 heavy (non-hydrogen) atoms. The lowest BCUT2D eigenvalue weighted by molar-refractivity contribution is 0.532. The summed E-state index contributed by atoms with van der Waals surface area (Å²) in [5.74, 6) is 0.990. The van der Waals surface area contributed by atoms with Crippen molar-refractivity contribution in [3.63, 3.8) is 0 Å². The molecule has 0 saturated carbocycles. The van der Waals surface area contributed by atoms with Gasteiger partial charge >= 0.3 is 5.69 Å². The molecule has 1 aromatic heterocycles. The molecule has 1 rings (SSSR count). The van der Waals surface area contributed by atoms with Gasteiger partial charge in [-0.15, -0.1) is 0 Å². The van der Waals surface area contributed by atoms with Gasteiger partial charge in [-0.3, -0.25) is 14.3 Å². The smallest absolute Gasteiger partial charge is 0.299 e. The number of aromatic nitrogens is 2. The molecule has 0 aliphatic carbocycles. The lowest BCUT2D eigenvalue weighted by Gasteiger charge is -2.05. The minimum Gasteiger partial charge on any atom is -0.299 e. The van der Waals surface area contributed by atoms with Crippen molar-refractivity contribution in [3.05, 3.63) is 31.5 Å². The second-order valence-electron chi connectivity index (χ2n) is 4.98. The molecular weight excluding hydrogens is 340 g/mol. The molecule has 6 heteroatoms. The molecule has 0 fully saturated rings. The Balaban J connectivity index is 2.14. The first-order valence-corrected chi connectivity index (χ1v) is 8.68. The highest BCUT2D eigenvalue weighted by atomic mass is 79.9. The molecule has 1 N–H and O–H groups in total. The maximum atomic E-state index is 11.5. The van der Waals surface area contributed by atoms with Crippen molar-refractivity contribution in [1.82, 2.24) is 9.55 Å². The summed E-state index contributed by atoms with van der Waals surface area (Å²) in [6.45, 7) is 0.661. The number of aromatic amines is 1. The highest BCUT2D eigenvalue weighted by Gasteiger charge is 2.01. The van der Waals surface area contributed by atoms with Gasteiger partial charge in [-0.25, -0.2) is 4.79 Å². The molecule has 1 aromatic rings. The molecule has 0 atom stereocenters. The first kappa shape index (κ1) is 17.6. The Labute approximate surface area is 133 Å². The van der Waals surface area contributed by atoms with Crippen molar-refractivity contribution < 1.29 is 0 Å². The molecule has 0 radical (unpaired) electrons. The molecule has 0 aromatic carbocycles. The van der Waals surface area contributed by atoms with Crippen LogP contribution >= 0.6 is 28.6 Å². The van der Waals surface area contributed by atoms with E-state index in [0.717, 1.165) is 18.6 Å². The Bertz CT molecular complexity index is 499. The summed E-state index contributed by atoms with van der Waals surface area (Å²) in [6, 6.07) is 0. The average molecular weight is 363 g/mol. The van der Waals surface area contributed by atoms with E-state index >= 15 is 0 Å². The first-order chi connectivity index (χ1) is 9.65. The topological polar surface area (TPSA) is 54.9 Å². The molecular formula is C14H23BrN2O2S. The van der Waals surface area contributed by atoms with Crippen LogP contribution in [-0.4, -0.2) is 15.3 Å². The monoisotopic (exact) mass is 362 g/mol. The molecule has 114 valence electrons. The first-order valence-electron chi connectivity index (χ1n) is 7.25. The predicted octanol–water partition coefficient (Wildman–Crippen LogP) is 3.35. The zero-order valence-electron chi connectivity index (χ0n) is 11.7. The van der Waals surface area contributed by atoms with E-state index in [0.29, 0.717) is 11.0 Å². The van der Waals surface area contributed by atoms with Crippen molar-refractivity contribution in [2.45, 2.75) is 57.9 Å². The van der Waals surface area contributed by atoms with E-state index in [2.05, 4.69) is 33.5 Å². The van der Waals surface area contributed by atoms with Crippen LogP contribution in [0.4, 0.5) is 0 Å². The Morgan fingerprint density at radius 1 is 1.00 bits per heavy atom. The van der Waals surface area contributed by atoms with Crippen LogP contribution in [0.2, 0.25) is 0 Å². The van der Waals surface area contributed by atoms with E-state index in [1.54, 1.807) is 10.8 Å². The Morgan fingerprint density at radius 3 is 2.15 bits per heavy atom. The Hall–Kier alpha value is -0.490. The fourth-order valence-corrected chi connectivity index (χ4v) is 2.67. The van der Waals surface area contributed by atoms with Crippen LogP contribution < -0.4 is 11.2 Å². The number of unbranched alkanes of at least 4 members (excludes halogenated alkanes) is 7. The lowest BCUT2D eigenvalue weighted by atomic mass is 10.1. The van der Waals surface area contributed by atoms with Crippen LogP contribution in [0.1, 0.15) is 51.4 Å². The average Bonchev–Trinajstić information content (AvgIpc) is 2.42. The number of nitrogens with one attached hydrogen (secondary N) is 1. The summed E-state index contributed by atoms with van der Waals surface area (Å²) in [6.07, 6.45) is 11.2. The van der Waals surface area contributed by atoms with Gasteiger partial charge in [-0.2, -0.15) is 12.6 Å². The number of hydrogen-bond donors (Lipinski definition) is 2. The summed E-state index contributed by atoms with van der Waals surface area (Å²) >= 11 is 7.33. The molecule has 0 unspecified atom stereocenters. The fraction of sp³-hybridized carbons (Fsp3) is 0.714. The van der Waals surface area contributed by atoms with Gasteiger partial charge in [-0.1, -0.05) is 38.5 Å². The Kier molecular flexibility index (Phi) is 9.02. The number of hydrogen-bond acceptors (Lipinski definition) is 3. The van der Waals surface area contributed by atoms with Crippen LogP contribution in [0.5, 0.6) is 0 Å². The number of rotatable bonds is 10. The highest BCUT2D eigenvalue weighted by molar-refractivity contribution is 9.10. The molecule has 0 saturated heterocycles. The number of H-pyrrole nitrogens is 1. The standard InChI is InChI=1S/C14H23BrN2O2S/c15-12-11-17(14(19)16-13(12)18)9-7-5-3-1-2-4-6-8-10-20/h11,20H,1-10H2,(H,16,18,19). The van der Waals surface area contributed by atoms with Crippen LogP contribution in [-0.2, 0) is 6.54 Å². The number of thiol groups is 1. The van der Waals surface area contributed by atoms with Gasteiger partial charge in [0.1, 0.15) is 0 Å². The molecule has 0 amide bonds. The summed E-state index contributed by atoms with van der Waals surface area (Å²) in [4.78, 5) is 25.0. The minimum absolute atomic E-state index is 0.329. The van der Waals surface area contributed by atoms with Crippen LogP contribution in [0.25, 0.3) is 0 Å². The van der Waals surface area contributed by atoms with Crippen molar-refractivity contribution >= 4 is 28.6 Å². The van der Waals surface area contributed by atoms with Gasteiger partial charge in [0.2, 0.25) is 0 Å². The number of nitrogens with zero attached hydrogens (tertiary/aromatic N) is 1. The maximum absolute atomic E-state index is 11.5. The van der Waals surface area contributed by atoms with E-state index in [9.17, 15) is 9.59 Å². The summed E-state index contributed by atoms with van der Waals surface area (Å²) < 4.78 is 1.96. The van der Waals surface area contributed by atoms with Gasteiger partial charge in [0.25, 0.3) is 5.56 Å². The zero-order chi connectivity index (χ0) is 14.8. The van der Waals surface area contributed by atoms with E-state index in [4.69, 9.17) is 0 Å². The normalized spacial score (nSPS) is 10.9. The molecule has 1 heterocycles. The fourth-order valence-electron chi connectivity index (χ4n) is 2.10. The van der Waals surface area contributed by atoms with Crippen molar-refractivity contribution in [2.75, 3.05) is 5.75 Å². The van der Waals surface area contributed by atoms with E-state index in [-0.39, 0.29) is 11.2 Å². The quantitative estimate of drug-likeness (QED) is 0.495. The number of aryl methyl sites for hydroxylation is 1. The third-order valence-electron chi connectivity index (χ3n) is 3.27. The second kappa shape index (κ2) is 10.3. The van der Waals surface area contributed by atoms with Gasteiger partial charge in [0, 0.05) is 12.7 Å². The summed E-state index contributed by atoms with van der Waals surface area (Å²) in [5, 5.41) is 0. The maximum Gasteiger partial charge on any atom is 0.328 e. The molecule has 0 bridgehead atoms. The van der Waals surface area contributed by atoms with Gasteiger partial charge < -0.3 is 0 Å². The van der Waals surface area contributed by atoms with Gasteiger partial charge in [-0.05, 0) is 34.5 Å². The lowest BCUT2D eigenvalue weighted by Crippen LogP contribution is -2.29. The predicted molar refractivity (Wildman–Crippen MR) is 89.8 cm³/mol. The molecule has 4 nitrogen and oxygen atoms in total. The van der Waals surface area contributed by atoms with Crippen molar-refractivity contribution in [1.29, 1.82) is 0 Å².